The van der Waals surface area contributed by atoms with Crippen molar-refractivity contribution in [3.8, 4) is 17.3 Å². The van der Waals surface area contributed by atoms with E-state index >= 15 is 4.39 Å². The Morgan fingerprint density at radius 2 is 1.93 bits per heavy atom. The molecule has 2 aromatic heterocycles. The number of ether oxygens (including phenoxy) is 1. The van der Waals surface area contributed by atoms with E-state index in [0.717, 1.165) is 69.3 Å². The maximum Gasteiger partial charge on any atom is 0.319 e. The molecule has 5 aliphatic rings. The summed E-state index contributed by atoms with van der Waals surface area (Å²) in [6.45, 7) is 3.19. The van der Waals surface area contributed by atoms with E-state index in [1.807, 2.05) is 18.2 Å². The fourth-order valence-electron chi connectivity index (χ4n) is 7.66. The summed E-state index contributed by atoms with van der Waals surface area (Å²) in [5.41, 5.74) is 1.80. The minimum atomic E-state index is -0.849. The van der Waals surface area contributed by atoms with Crippen LogP contribution < -0.4 is 15.0 Å². The fourth-order valence-corrected chi connectivity index (χ4v) is 7.99. The second-order valence-electron chi connectivity index (χ2n) is 12.4. The molecule has 5 fully saturated rings. The number of halogens is 3. The summed E-state index contributed by atoms with van der Waals surface area (Å²) in [6, 6.07) is 6.50. The highest BCUT2D eigenvalue weighted by atomic mass is 35.5. The summed E-state index contributed by atoms with van der Waals surface area (Å²) in [5.74, 6) is 0.496. The van der Waals surface area contributed by atoms with Crippen LogP contribution in [0, 0.1) is 5.82 Å². The van der Waals surface area contributed by atoms with Crippen LogP contribution in [0.5, 0.6) is 6.01 Å². The molecule has 2 unspecified atom stereocenters. The molecule has 1 aromatic carbocycles. The van der Waals surface area contributed by atoms with Crippen molar-refractivity contribution in [1.29, 1.82) is 0 Å². The predicted octanol–water partition coefficient (Wildman–Crippen LogP) is 5.26. The molecule has 3 aromatic rings. The molecule has 10 heteroatoms. The lowest BCUT2D eigenvalue weighted by Crippen LogP contribution is -2.51. The number of nitrogens with one attached hydrogen (secondary N) is 1. The second-order valence-corrected chi connectivity index (χ2v) is 12.8. The Kier molecular flexibility index (Phi) is 5.94. The van der Waals surface area contributed by atoms with Crippen molar-refractivity contribution in [3.63, 3.8) is 0 Å². The van der Waals surface area contributed by atoms with Crippen molar-refractivity contribution in [1.82, 2.24) is 25.2 Å². The highest BCUT2D eigenvalue weighted by Gasteiger charge is 2.49. The van der Waals surface area contributed by atoms with Crippen LogP contribution in [-0.2, 0) is 0 Å². The van der Waals surface area contributed by atoms with Crippen molar-refractivity contribution in [2.45, 2.75) is 74.7 Å². The summed E-state index contributed by atoms with van der Waals surface area (Å²) in [6.07, 6.45) is 7.54. The minimum Gasteiger partial charge on any atom is -0.461 e. The first kappa shape index (κ1) is 25.1. The molecule has 0 radical (unpaired) electrons. The first-order valence-electron chi connectivity index (χ1n) is 14.7. The first-order valence-corrected chi connectivity index (χ1v) is 15.0. The predicted molar refractivity (Wildman–Crippen MR) is 150 cm³/mol. The normalized spacial score (nSPS) is 29.9. The largest absolute Gasteiger partial charge is 0.461 e. The molecule has 6 heterocycles. The Hall–Kier alpha value is -2.62. The summed E-state index contributed by atoms with van der Waals surface area (Å²) in [7, 11) is 0. The lowest BCUT2D eigenvalue weighted by Gasteiger charge is -2.34. The third kappa shape index (κ3) is 4.15. The molecular weight excluding hydrogens is 534 g/mol. The zero-order valence-electron chi connectivity index (χ0n) is 22.4. The van der Waals surface area contributed by atoms with Gasteiger partial charge in [-0.15, -0.1) is 0 Å². The summed E-state index contributed by atoms with van der Waals surface area (Å²) in [4.78, 5) is 18.6. The molecule has 4 atom stereocenters. The first-order chi connectivity index (χ1) is 19.5. The molecule has 1 aliphatic carbocycles. The Labute approximate surface area is 237 Å². The van der Waals surface area contributed by atoms with E-state index < -0.39 is 12.0 Å². The van der Waals surface area contributed by atoms with Crippen molar-refractivity contribution in [3.05, 3.63) is 40.8 Å². The number of benzene rings is 1. The van der Waals surface area contributed by atoms with Crippen LogP contribution >= 0.6 is 11.6 Å². The molecule has 1 N–H and O–H groups in total. The van der Waals surface area contributed by atoms with Gasteiger partial charge in [-0.1, -0.05) is 23.7 Å². The molecule has 210 valence electrons. The van der Waals surface area contributed by atoms with Gasteiger partial charge in [0.05, 0.1) is 10.9 Å². The molecule has 4 saturated heterocycles. The van der Waals surface area contributed by atoms with E-state index in [4.69, 9.17) is 21.3 Å². The number of hydrogen-bond donors (Lipinski definition) is 1. The van der Waals surface area contributed by atoms with Crippen LogP contribution in [-0.4, -0.2) is 76.4 Å². The number of pyridine rings is 1. The molecule has 4 aliphatic heterocycles. The van der Waals surface area contributed by atoms with Gasteiger partial charge in [0.1, 0.15) is 29.8 Å². The monoisotopic (exact) mass is 566 g/mol. The molecule has 40 heavy (non-hydrogen) atoms. The maximum absolute atomic E-state index is 16.5. The van der Waals surface area contributed by atoms with E-state index in [9.17, 15) is 4.39 Å². The zero-order valence-corrected chi connectivity index (χ0v) is 23.1. The van der Waals surface area contributed by atoms with E-state index in [-0.39, 0.29) is 22.8 Å². The van der Waals surface area contributed by atoms with Crippen LogP contribution in [0.2, 0.25) is 5.02 Å². The van der Waals surface area contributed by atoms with Gasteiger partial charge < -0.3 is 15.0 Å². The number of alkyl halides is 1. The molecular formula is C30H33ClF2N6O. The molecule has 7 nitrogen and oxygen atoms in total. The van der Waals surface area contributed by atoms with Gasteiger partial charge in [0.15, 0.2) is 5.82 Å². The number of aromatic nitrogens is 3. The summed E-state index contributed by atoms with van der Waals surface area (Å²) >= 11 is 6.59. The fraction of sp³-hybridized carbons (Fsp3) is 0.567. The van der Waals surface area contributed by atoms with Crippen molar-refractivity contribution in [2.75, 3.05) is 37.7 Å². The number of hydrogen-bond acceptors (Lipinski definition) is 7. The van der Waals surface area contributed by atoms with E-state index in [2.05, 4.69) is 25.1 Å². The maximum atomic E-state index is 16.5. The second kappa shape index (κ2) is 9.46. The molecule has 0 spiro atoms. The quantitative estimate of drug-likeness (QED) is 0.437. The average molecular weight is 567 g/mol. The van der Waals surface area contributed by atoms with Crippen molar-refractivity contribution in [2.24, 2.45) is 0 Å². The van der Waals surface area contributed by atoms with Gasteiger partial charge in [0.2, 0.25) is 0 Å². The Morgan fingerprint density at radius 3 is 2.73 bits per heavy atom. The van der Waals surface area contributed by atoms with Gasteiger partial charge in [0, 0.05) is 54.9 Å². The Bertz CT molecular complexity index is 1470. The smallest absolute Gasteiger partial charge is 0.319 e. The molecule has 0 amide bonds. The SMILES string of the molecule is Fc1c(-c2cccc(Cl)c2C2CC2)ncc2c(N3CC4CCC(C3)N4)nc(OC[C@@]34CCCN3C[C@H](F)C4)nc12. The van der Waals surface area contributed by atoms with E-state index in [1.165, 1.54) is 0 Å². The zero-order chi connectivity index (χ0) is 27.0. The van der Waals surface area contributed by atoms with Crippen molar-refractivity contribution >= 4 is 28.3 Å². The number of rotatable bonds is 6. The van der Waals surface area contributed by atoms with Gasteiger partial charge in [-0.25, -0.2) is 8.78 Å². The standard InChI is InChI=1S/C30H33ClF2N6O/c31-23-4-1-3-21(24(23)17-5-6-17)26-25(33)27-22(12-34-26)28(38-14-19-7-8-20(15-38)35-19)37-29(36-27)40-16-30-9-2-10-39(30)13-18(32)11-30/h1,3-4,12,17-20,35H,2,5-11,13-16H2/t18-,19?,20?,30+/m1/s1. The molecule has 8 rings (SSSR count). The number of piperazine rings is 1. The average Bonchev–Trinajstić information content (AvgIpc) is 3.52. The Morgan fingerprint density at radius 1 is 1.10 bits per heavy atom. The molecule has 2 bridgehead atoms. The highest BCUT2D eigenvalue weighted by Crippen LogP contribution is 2.48. The third-order valence-corrected chi connectivity index (χ3v) is 10.0. The third-order valence-electron chi connectivity index (χ3n) is 9.68. The summed E-state index contributed by atoms with van der Waals surface area (Å²) < 4.78 is 37.2. The van der Waals surface area contributed by atoms with Crippen molar-refractivity contribution < 1.29 is 13.5 Å². The van der Waals surface area contributed by atoms with Crippen LogP contribution in [0.15, 0.2) is 24.4 Å². The number of anilines is 1. The topological polar surface area (TPSA) is 66.4 Å². The lowest BCUT2D eigenvalue weighted by molar-refractivity contribution is 0.107. The number of fused-ring (bicyclic) bond motifs is 4. The lowest BCUT2D eigenvalue weighted by atomic mass is 9.95. The van der Waals surface area contributed by atoms with Gasteiger partial charge in [0.25, 0.3) is 0 Å². The van der Waals surface area contributed by atoms with Gasteiger partial charge >= 0.3 is 6.01 Å². The van der Waals surface area contributed by atoms with Crippen LogP contribution in [0.1, 0.15) is 56.4 Å². The van der Waals surface area contributed by atoms with Crippen LogP contribution in [0.4, 0.5) is 14.6 Å². The van der Waals surface area contributed by atoms with Crippen LogP contribution in [0.3, 0.4) is 0 Å². The van der Waals surface area contributed by atoms with Gasteiger partial charge in [-0.2, -0.15) is 9.97 Å². The Balaban J connectivity index is 1.22. The summed E-state index contributed by atoms with van der Waals surface area (Å²) in [5, 5.41) is 4.88. The highest BCUT2D eigenvalue weighted by molar-refractivity contribution is 6.31. The molecule has 1 saturated carbocycles. The number of nitrogens with zero attached hydrogens (tertiary/aromatic N) is 5. The minimum absolute atomic E-state index is 0.140. The van der Waals surface area contributed by atoms with E-state index in [0.29, 0.717) is 53.8 Å². The van der Waals surface area contributed by atoms with Gasteiger partial charge in [-0.3, -0.25) is 9.88 Å². The van der Waals surface area contributed by atoms with Gasteiger partial charge in [-0.05, 0) is 62.6 Å². The van der Waals surface area contributed by atoms with E-state index in [1.54, 1.807) is 6.20 Å². The van der Waals surface area contributed by atoms with Crippen LogP contribution in [0.25, 0.3) is 22.2 Å².